The summed E-state index contributed by atoms with van der Waals surface area (Å²) in [7, 11) is 0. The highest BCUT2D eigenvalue weighted by molar-refractivity contribution is 5.95. The number of imidazole rings is 1. The predicted octanol–water partition coefficient (Wildman–Crippen LogP) is 5.06. The van der Waals surface area contributed by atoms with Gasteiger partial charge in [0.1, 0.15) is 29.5 Å². The Balaban J connectivity index is 0.000000821. The van der Waals surface area contributed by atoms with Gasteiger partial charge in [0, 0.05) is 12.6 Å². The van der Waals surface area contributed by atoms with Crippen molar-refractivity contribution in [2.75, 3.05) is 6.54 Å². The molecule has 2 amide bonds. The lowest BCUT2D eigenvalue weighted by Gasteiger charge is -2.29. The molecule has 2 heterocycles. The molecule has 0 saturated carbocycles. The van der Waals surface area contributed by atoms with Gasteiger partial charge in [0.15, 0.2) is 11.4 Å². The van der Waals surface area contributed by atoms with Gasteiger partial charge in [-0.15, -0.1) is 0 Å². The topological polar surface area (TPSA) is 145 Å². The molecule has 1 unspecified atom stereocenters. The number of carboxylic acids is 1. The summed E-state index contributed by atoms with van der Waals surface area (Å²) in [5, 5.41) is 9.58. The van der Waals surface area contributed by atoms with E-state index in [1.807, 2.05) is 0 Å². The third-order valence-corrected chi connectivity index (χ3v) is 5.59. The van der Waals surface area contributed by atoms with Crippen LogP contribution in [0.15, 0.2) is 36.5 Å². The number of aryl methyl sites for hydroxylation is 1. The first-order valence-electron chi connectivity index (χ1n) is 11.9. The number of nitrogens with one attached hydrogen (secondary N) is 1. The van der Waals surface area contributed by atoms with Crippen molar-refractivity contribution in [2.45, 2.75) is 51.2 Å². The molecule has 0 aliphatic heterocycles. The zero-order valence-electron chi connectivity index (χ0n) is 22.3. The first-order valence-corrected chi connectivity index (χ1v) is 11.9. The highest BCUT2D eigenvalue weighted by atomic mass is 19.4. The molecule has 0 spiro atoms. The molecule has 3 rings (SSSR count). The molecule has 4 N–H and O–H groups in total. The number of aromatic nitrogens is 2. The average molecular weight is 628 g/mol. The van der Waals surface area contributed by atoms with Crippen LogP contribution in [-0.2, 0) is 16.1 Å². The minimum absolute atomic E-state index is 0.0322. The second kappa shape index (κ2) is 13.6. The lowest BCUT2D eigenvalue weighted by Crippen LogP contribution is -2.46. The predicted molar refractivity (Wildman–Crippen MR) is 131 cm³/mol. The number of benzene rings is 1. The molecule has 0 radical (unpaired) electrons. The van der Waals surface area contributed by atoms with E-state index in [-0.39, 0.29) is 28.3 Å². The van der Waals surface area contributed by atoms with Crippen LogP contribution >= 0.6 is 0 Å². The second-order valence-electron chi connectivity index (χ2n) is 9.07. The summed E-state index contributed by atoms with van der Waals surface area (Å²) in [5.41, 5.74) is 3.44. The Morgan fingerprint density at radius 3 is 2.12 bits per heavy atom. The van der Waals surface area contributed by atoms with Gasteiger partial charge in [-0.1, -0.05) is 6.07 Å². The number of hydrogen-bond acceptors (Lipinski definition) is 6. The monoisotopic (exact) mass is 628 g/mol. The highest BCUT2D eigenvalue weighted by Crippen LogP contribution is 2.28. The van der Waals surface area contributed by atoms with Gasteiger partial charge in [-0.3, -0.25) is 9.20 Å². The van der Waals surface area contributed by atoms with Crippen LogP contribution in [-0.4, -0.2) is 57.0 Å². The fraction of sp³-hybridized carbons (Fsp3) is 0.360. The molecule has 0 saturated heterocycles. The van der Waals surface area contributed by atoms with E-state index in [1.165, 1.54) is 42.6 Å². The van der Waals surface area contributed by atoms with Gasteiger partial charge in [0.2, 0.25) is 0 Å². The zero-order chi connectivity index (χ0) is 32.8. The molecule has 1 aromatic carbocycles. The molecule has 18 heteroatoms. The Morgan fingerprint density at radius 1 is 1.02 bits per heavy atom. The number of ether oxygens (including phenoxy) is 2. The third-order valence-electron chi connectivity index (χ3n) is 5.59. The maximum absolute atomic E-state index is 13.9. The fourth-order valence-electron chi connectivity index (χ4n) is 3.54. The summed E-state index contributed by atoms with van der Waals surface area (Å²) in [6.07, 6.45) is -11.3. The summed E-state index contributed by atoms with van der Waals surface area (Å²) in [6.45, 7) is 1.85. The second-order valence-corrected chi connectivity index (χ2v) is 9.07. The van der Waals surface area contributed by atoms with Crippen molar-refractivity contribution in [3.63, 3.8) is 0 Å². The maximum Gasteiger partial charge on any atom is 0.490 e. The number of primary amides is 1. The number of amides is 2. The Labute approximate surface area is 237 Å². The molecule has 0 fully saturated rings. The molecule has 0 bridgehead atoms. The molecule has 0 aliphatic carbocycles. The summed E-state index contributed by atoms with van der Waals surface area (Å²) < 4.78 is 109. The highest BCUT2D eigenvalue weighted by Gasteiger charge is 2.38. The van der Waals surface area contributed by atoms with Crippen molar-refractivity contribution in [1.82, 2.24) is 14.7 Å². The molecule has 236 valence electrons. The molecule has 2 aromatic heterocycles. The van der Waals surface area contributed by atoms with E-state index in [4.69, 9.17) is 25.1 Å². The molecule has 3 aromatic rings. The van der Waals surface area contributed by atoms with E-state index in [2.05, 4.69) is 10.3 Å². The number of alkyl halides is 6. The van der Waals surface area contributed by atoms with Crippen LogP contribution in [0.5, 0.6) is 5.75 Å². The van der Waals surface area contributed by atoms with Crippen LogP contribution in [0.3, 0.4) is 0 Å². The van der Waals surface area contributed by atoms with Crippen molar-refractivity contribution in [3.8, 4) is 5.75 Å². The van der Waals surface area contributed by atoms with Crippen molar-refractivity contribution in [3.05, 3.63) is 65.1 Å². The van der Waals surface area contributed by atoms with Gasteiger partial charge in [0.05, 0.1) is 17.8 Å². The van der Waals surface area contributed by atoms with Crippen molar-refractivity contribution >= 4 is 23.6 Å². The van der Waals surface area contributed by atoms with E-state index in [0.717, 1.165) is 12.1 Å². The number of carbonyl (C=O) groups excluding carboxylic acids is 2. The zero-order valence-corrected chi connectivity index (χ0v) is 22.3. The number of nitrogens with two attached hydrogens (primary N) is 1. The lowest BCUT2D eigenvalue weighted by molar-refractivity contribution is -0.192. The molecular weight excluding hydrogens is 604 g/mol. The van der Waals surface area contributed by atoms with Crippen LogP contribution in [0.1, 0.15) is 41.5 Å². The Morgan fingerprint density at radius 2 is 1.60 bits per heavy atom. The van der Waals surface area contributed by atoms with Gasteiger partial charge in [-0.25, -0.2) is 23.4 Å². The van der Waals surface area contributed by atoms with E-state index in [1.54, 1.807) is 0 Å². The van der Waals surface area contributed by atoms with Gasteiger partial charge in [-0.05, 0) is 44.5 Å². The maximum atomic E-state index is 13.9. The quantitative estimate of drug-likeness (QED) is 0.281. The summed E-state index contributed by atoms with van der Waals surface area (Å²) in [4.78, 5) is 37.3. The lowest BCUT2D eigenvalue weighted by atomic mass is 9.99. The fourth-order valence-corrected chi connectivity index (χ4v) is 3.54. The summed E-state index contributed by atoms with van der Waals surface area (Å²) in [5.74, 6) is -4.91. The van der Waals surface area contributed by atoms with Gasteiger partial charge in [-0.2, -0.15) is 26.3 Å². The first kappa shape index (κ1) is 34.6. The summed E-state index contributed by atoms with van der Waals surface area (Å²) in [6, 6.07) is 6.42. The normalized spacial score (nSPS) is 13.0. The Kier molecular flexibility index (Phi) is 10.9. The number of fused-ring (bicyclic) bond motifs is 1. The van der Waals surface area contributed by atoms with Crippen LogP contribution < -0.4 is 15.8 Å². The number of rotatable bonds is 9. The number of nitrogens with zero attached hydrogens (tertiary/aromatic N) is 2. The number of hydrogen-bond donors (Lipinski definition) is 3. The van der Waals surface area contributed by atoms with Crippen molar-refractivity contribution in [1.29, 1.82) is 0 Å². The van der Waals surface area contributed by atoms with Crippen molar-refractivity contribution < 1.29 is 64.1 Å². The standard InChI is InChI=1S/C23H23F5N4O4.C2HF3O2/c1-13-18(20(33)30-12-22(2,36-21(29)34)8-9-23(26,27)28)32-10-4-7-17(19(32)31-13)35-11-14-15(24)5-3-6-16(14)25;3-2(4,5)1(6)7/h3-7,10H,8-9,11-12H2,1-2H3,(H2,29,34)(H,30,33);(H,6,7). The third kappa shape index (κ3) is 10.00. The minimum Gasteiger partial charge on any atom is -0.485 e. The van der Waals surface area contributed by atoms with Crippen LogP contribution in [0, 0.1) is 18.6 Å². The van der Waals surface area contributed by atoms with Crippen molar-refractivity contribution in [2.24, 2.45) is 5.73 Å². The van der Waals surface area contributed by atoms with E-state index in [0.29, 0.717) is 0 Å². The van der Waals surface area contributed by atoms with E-state index in [9.17, 15) is 44.7 Å². The smallest absolute Gasteiger partial charge is 0.485 e. The largest absolute Gasteiger partial charge is 0.490 e. The van der Waals surface area contributed by atoms with Gasteiger partial charge >= 0.3 is 24.4 Å². The van der Waals surface area contributed by atoms with Crippen LogP contribution in [0.2, 0.25) is 0 Å². The minimum atomic E-state index is -5.08. The first-order chi connectivity index (χ1) is 19.7. The molecule has 0 aliphatic rings. The Bertz CT molecular complexity index is 1450. The van der Waals surface area contributed by atoms with Crippen LogP contribution in [0.4, 0.5) is 39.9 Å². The SMILES string of the molecule is Cc1nc2c(OCc3c(F)cccc3F)cccn2c1C(=O)NCC(C)(CCC(F)(F)F)OC(N)=O.O=C(O)C(F)(F)F. The number of pyridine rings is 1. The average Bonchev–Trinajstić information content (AvgIpc) is 3.21. The molecule has 1 atom stereocenters. The van der Waals surface area contributed by atoms with E-state index < -0.39 is 73.6 Å². The number of carbonyl (C=O) groups is 3. The molecule has 10 nitrogen and oxygen atoms in total. The van der Waals surface area contributed by atoms with E-state index >= 15 is 0 Å². The number of aliphatic carboxylic acids is 1. The number of carboxylic acid groups (broad SMARTS) is 1. The summed E-state index contributed by atoms with van der Waals surface area (Å²) >= 11 is 0. The van der Waals surface area contributed by atoms with Gasteiger partial charge in [0.25, 0.3) is 5.91 Å². The number of halogens is 8. The molecule has 43 heavy (non-hydrogen) atoms. The Hall–Kier alpha value is -4.64. The van der Waals surface area contributed by atoms with Gasteiger partial charge < -0.3 is 25.6 Å². The van der Waals surface area contributed by atoms with Crippen LogP contribution in [0.25, 0.3) is 5.65 Å². The molecular formula is C25H24F8N4O6.